The number of anilines is 2. The fourth-order valence-corrected chi connectivity index (χ4v) is 5.44. The van der Waals surface area contributed by atoms with E-state index in [1.165, 1.54) is 0 Å². The van der Waals surface area contributed by atoms with E-state index in [4.69, 9.17) is 0 Å². The third kappa shape index (κ3) is 6.19. The van der Waals surface area contributed by atoms with E-state index >= 15 is 0 Å². The molecule has 190 valence electrons. The molecule has 0 saturated carbocycles. The molecule has 1 saturated heterocycles. The van der Waals surface area contributed by atoms with Gasteiger partial charge in [0.2, 0.25) is 5.91 Å². The second-order valence-corrected chi connectivity index (χ2v) is 10.0. The molecule has 4 rings (SSSR count). The van der Waals surface area contributed by atoms with Crippen LogP contribution in [0, 0.1) is 0 Å². The van der Waals surface area contributed by atoms with Crippen LogP contribution in [0.2, 0.25) is 0 Å². The van der Waals surface area contributed by atoms with Crippen LogP contribution in [0.4, 0.5) is 11.4 Å². The van der Waals surface area contributed by atoms with Gasteiger partial charge in [0.15, 0.2) is 0 Å². The van der Waals surface area contributed by atoms with E-state index < -0.39 is 0 Å². The molecule has 0 bridgehead atoms. The second kappa shape index (κ2) is 12.3. The molecule has 2 heterocycles. The maximum absolute atomic E-state index is 12.6. The number of thioether (sulfide) groups is 1. The van der Waals surface area contributed by atoms with Gasteiger partial charge in [0.1, 0.15) is 0 Å². The molecule has 2 aromatic carbocycles. The molecule has 2 aliphatic rings. The zero-order chi connectivity index (χ0) is 25.5. The lowest BCUT2D eigenvalue weighted by Crippen LogP contribution is -2.31. The number of carbonyl (C=O) groups is 2. The molecular weight excluding hydrogens is 470 g/mol. The van der Waals surface area contributed by atoms with Gasteiger partial charge < -0.3 is 15.5 Å². The van der Waals surface area contributed by atoms with Crippen molar-refractivity contribution in [3.63, 3.8) is 0 Å². The standard InChI is InChI=1S/C28H35N5O2S/c1-4-9-23-27(28(35)32-31-23)24-18-25(21-10-7-8-11-22(21)30-24)36-20-14-12-19(13-15-20)29-26(34)16-17-33(5-2)6-3/h7-8,10-15,18,23,30-31H,4-6,9,16-17H2,1-3H3,(H,29,34)(H,32,35)/b27-24-. The molecule has 36 heavy (non-hydrogen) atoms. The molecule has 1 fully saturated rings. The number of nitrogens with one attached hydrogen (secondary N) is 4. The van der Waals surface area contributed by atoms with Crippen LogP contribution in [0.3, 0.4) is 0 Å². The molecule has 4 N–H and O–H groups in total. The number of carbonyl (C=O) groups excluding carboxylic acids is 2. The topological polar surface area (TPSA) is 85.5 Å². The van der Waals surface area contributed by atoms with Crippen molar-refractivity contribution in [2.45, 2.75) is 51.0 Å². The molecule has 8 heteroatoms. The van der Waals surface area contributed by atoms with Gasteiger partial charge in [-0.3, -0.25) is 15.0 Å². The Kier molecular flexibility index (Phi) is 8.85. The van der Waals surface area contributed by atoms with Crippen LogP contribution >= 0.6 is 11.8 Å². The number of benzene rings is 2. The van der Waals surface area contributed by atoms with Crippen molar-refractivity contribution in [3.05, 3.63) is 71.4 Å². The van der Waals surface area contributed by atoms with Crippen LogP contribution in [0.25, 0.3) is 4.91 Å². The fourth-order valence-electron chi connectivity index (χ4n) is 4.45. The highest BCUT2D eigenvalue weighted by molar-refractivity contribution is 8.08. The van der Waals surface area contributed by atoms with Crippen molar-refractivity contribution in [1.82, 2.24) is 15.8 Å². The van der Waals surface area contributed by atoms with Crippen LogP contribution in [0.1, 0.15) is 45.6 Å². The Morgan fingerprint density at radius 2 is 1.81 bits per heavy atom. The Bertz CT molecular complexity index is 1150. The number of amides is 2. The van der Waals surface area contributed by atoms with E-state index in [0.29, 0.717) is 6.42 Å². The van der Waals surface area contributed by atoms with E-state index in [1.54, 1.807) is 11.8 Å². The highest BCUT2D eigenvalue weighted by Crippen LogP contribution is 2.42. The third-order valence-corrected chi connectivity index (χ3v) is 7.54. The van der Waals surface area contributed by atoms with Crippen molar-refractivity contribution in [1.29, 1.82) is 0 Å². The van der Waals surface area contributed by atoms with Gasteiger partial charge in [0.05, 0.1) is 17.3 Å². The molecule has 7 nitrogen and oxygen atoms in total. The predicted octanol–water partition coefficient (Wildman–Crippen LogP) is 4.97. The monoisotopic (exact) mass is 505 g/mol. The number of hydrogen-bond donors (Lipinski definition) is 4. The van der Waals surface area contributed by atoms with Crippen LogP contribution in [0.15, 0.2) is 70.8 Å². The van der Waals surface area contributed by atoms with Crippen LogP contribution in [-0.2, 0) is 9.59 Å². The van der Waals surface area contributed by atoms with E-state index in [2.05, 4.69) is 59.3 Å². The summed E-state index contributed by atoms with van der Waals surface area (Å²) in [6.45, 7) is 8.99. The third-order valence-electron chi connectivity index (χ3n) is 6.47. The van der Waals surface area contributed by atoms with E-state index in [0.717, 1.165) is 70.5 Å². The summed E-state index contributed by atoms with van der Waals surface area (Å²) < 4.78 is 0. The van der Waals surface area contributed by atoms with E-state index in [9.17, 15) is 9.59 Å². The summed E-state index contributed by atoms with van der Waals surface area (Å²) in [5.74, 6) is -0.0596. The predicted molar refractivity (Wildman–Crippen MR) is 148 cm³/mol. The summed E-state index contributed by atoms with van der Waals surface area (Å²) in [5, 5.41) is 6.47. The van der Waals surface area contributed by atoms with Crippen molar-refractivity contribution in [2.24, 2.45) is 0 Å². The summed E-state index contributed by atoms with van der Waals surface area (Å²) in [4.78, 5) is 29.3. The van der Waals surface area contributed by atoms with Crippen LogP contribution < -0.4 is 21.5 Å². The van der Waals surface area contributed by atoms with Gasteiger partial charge in [-0.05, 0) is 55.9 Å². The smallest absolute Gasteiger partial charge is 0.265 e. The number of hydrogen-bond acceptors (Lipinski definition) is 6. The van der Waals surface area contributed by atoms with Crippen LogP contribution in [0.5, 0.6) is 0 Å². The lowest BCUT2D eigenvalue weighted by Gasteiger charge is -2.23. The van der Waals surface area contributed by atoms with E-state index in [-0.39, 0.29) is 17.9 Å². The Labute approximate surface area is 217 Å². The number of rotatable bonds is 10. The highest BCUT2D eigenvalue weighted by Gasteiger charge is 2.31. The molecular formula is C28H35N5O2S. The Morgan fingerprint density at radius 3 is 2.53 bits per heavy atom. The summed E-state index contributed by atoms with van der Waals surface area (Å²) in [6, 6.07) is 16.0. The van der Waals surface area contributed by atoms with E-state index in [1.807, 2.05) is 42.5 Å². The summed E-state index contributed by atoms with van der Waals surface area (Å²) in [5.41, 5.74) is 10.3. The highest BCUT2D eigenvalue weighted by atomic mass is 32.2. The number of allylic oxidation sites excluding steroid dienone is 1. The van der Waals surface area contributed by atoms with Crippen molar-refractivity contribution < 1.29 is 9.59 Å². The minimum Gasteiger partial charge on any atom is -0.355 e. The summed E-state index contributed by atoms with van der Waals surface area (Å²) >= 11 is 1.65. The lowest BCUT2D eigenvalue weighted by atomic mass is 9.98. The first-order valence-corrected chi connectivity index (χ1v) is 13.5. The van der Waals surface area contributed by atoms with Gasteiger partial charge in [-0.15, -0.1) is 0 Å². The number of fused-ring (bicyclic) bond motifs is 1. The van der Waals surface area contributed by atoms with Crippen molar-refractivity contribution in [3.8, 4) is 0 Å². The van der Waals surface area contributed by atoms with Crippen molar-refractivity contribution >= 4 is 39.9 Å². The van der Waals surface area contributed by atoms with Gasteiger partial charge in [-0.25, -0.2) is 5.43 Å². The van der Waals surface area contributed by atoms with Gasteiger partial charge in [-0.1, -0.05) is 57.2 Å². The molecule has 1 unspecified atom stereocenters. The lowest BCUT2D eigenvalue weighted by molar-refractivity contribution is -0.117. The van der Waals surface area contributed by atoms with Gasteiger partial charge in [0.25, 0.3) is 5.91 Å². The van der Waals surface area contributed by atoms with Crippen LogP contribution in [-0.4, -0.2) is 42.4 Å². The zero-order valence-corrected chi connectivity index (χ0v) is 22.0. The first-order chi connectivity index (χ1) is 17.5. The maximum atomic E-state index is 12.6. The summed E-state index contributed by atoms with van der Waals surface area (Å²) in [6.07, 6.45) is 4.40. The minimum atomic E-state index is -0.0861. The molecule has 0 spiro atoms. The first kappa shape index (κ1) is 26.0. The molecule has 2 aromatic rings. The Balaban J connectivity index is 1.51. The summed E-state index contributed by atoms with van der Waals surface area (Å²) in [7, 11) is 0. The first-order valence-electron chi connectivity index (χ1n) is 12.7. The quantitative estimate of drug-likeness (QED) is 0.341. The number of para-hydroxylation sites is 1. The zero-order valence-electron chi connectivity index (χ0n) is 21.2. The minimum absolute atomic E-state index is 0.0256. The second-order valence-electron chi connectivity index (χ2n) is 8.90. The molecule has 0 aromatic heterocycles. The molecule has 0 radical (unpaired) electrons. The van der Waals surface area contributed by atoms with Gasteiger partial charge >= 0.3 is 0 Å². The van der Waals surface area contributed by atoms with Gasteiger partial charge in [0, 0.05) is 39.7 Å². The molecule has 2 amide bonds. The molecule has 1 atom stereocenters. The Hall–Kier alpha value is -3.07. The largest absolute Gasteiger partial charge is 0.355 e. The Morgan fingerprint density at radius 1 is 1.06 bits per heavy atom. The SMILES string of the molecule is CCCC1NNC(=O)/C1=C1/C=C(Sc2ccc(NC(=O)CCN(CC)CC)cc2)c2ccccc2N1. The average molecular weight is 506 g/mol. The molecule has 2 aliphatic heterocycles. The molecule has 0 aliphatic carbocycles. The fraction of sp³-hybridized carbons (Fsp3) is 0.357. The number of nitrogens with zero attached hydrogens (tertiary/aromatic N) is 1. The average Bonchev–Trinajstić information content (AvgIpc) is 3.25. The van der Waals surface area contributed by atoms with Crippen molar-refractivity contribution in [2.75, 3.05) is 30.3 Å². The van der Waals surface area contributed by atoms with Gasteiger partial charge in [-0.2, -0.15) is 0 Å². The maximum Gasteiger partial charge on any atom is 0.265 e. The number of hydrazine groups is 1. The normalized spacial score (nSPS) is 18.9.